The molecule has 2 aliphatic rings. The number of benzene rings is 1. The number of nitrogens with one attached hydrogen (secondary N) is 1. The van der Waals surface area contributed by atoms with Crippen LogP contribution in [0.5, 0.6) is 0 Å². The first kappa shape index (κ1) is 16.5. The van der Waals surface area contributed by atoms with E-state index in [0.29, 0.717) is 17.4 Å². The second-order valence-electron chi connectivity index (χ2n) is 7.42. The van der Waals surface area contributed by atoms with E-state index in [1.165, 1.54) is 0 Å². The molecular weight excluding hydrogens is 338 g/mol. The van der Waals surface area contributed by atoms with Crippen LogP contribution >= 0.6 is 12.2 Å². The Kier molecular flexibility index (Phi) is 3.81. The molecule has 1 N–H and O–H groups in total. The lowest BCUT2D eigenvalue weighted by molar-refractivity contribution is -0.139. The molecule has 1 aromatic carbocycles. The molecule has 4 rings (SSSR count). The van der Waals surface area contributed by atoms with E-state index in [4.69, 9.17) is 21.4 Å². The van der Waals surface area contributed by atoms with Gasteiger partial charge in [-0.25, -0.2) is 5.10 Å². The lowest BCUT2D eigenvalue weighted by atomic mass is 9.56. The van der Waals surface area contributed by atoms with Crippen LogP contribution in [-0.4, -0.2) is 46.8 Å². The van der Waals surface area contributed by atoms with Crippen LogP contribution in [0.3, 0.4) is 0 Å². The third kappa shape index (κ3) is 2.53. The highest BCUT2D eigenvalue weighted by atomic mass is 32.1. The number of carbonyl (C=O) groups is 1. The van der Waals surface area contributed by atoms with E-state index >= 15 is 0 Å². The Morgan fingerprint density at radius 1 is 1.36 bits per heavy atom. The minimum atomic E-state index is -0.0146. The van der Waals surface area contributed by atoms with Gasteiger partial charge in [0, 0.05) is 42.2 Å². The van der Waals surface area contributed by atoms with E-state index in [-0.39, 0.29) is 28.3 Å². The van der Waals surface area contributed by atoms with Gasteiger partial charge in [-0.3, -0.25) is 4.79 Å². The number of nitrogens with zero attached hydrogens (tertiary/aromatic N) is 2. The smallest absolute Gasteiger partial charge is 0.284 e. The van der Waals surface area contributed by atoms with Crippen molar-refractivity contribution in [1.29, 1.82) is 0 Å². The highest BCUT2D eigenvalue weighted by molar-refractivity contribution is 7.71. The molecule has 3 atom stereocenters. The van der Waals surface area contributed by atoms with Gasteiger partial charge in [0.05, 0.1) is 6.10 Å². The number of rotatable bonds is 3. The zero-order valence-corrected chi connectivity index (χ0v) is 15.3. The van der Waals surface area contributed by atoms with Crippen molar-refractivity contribution >= 4 is 18.1 Å². The monoisotopic (exact) mass is 359 g/mol. The summed E-state index contributed by atoms with van der Waals surface area (Å²) in [4.78, 5) is 15.0. The molecule has 1 saturated heterocycles. The summed E-state index contributed by atoms with van der Waals surface area (Å²) in [6, 6.07) is 7.45. The molecule has 2 fully saturated rings. The second-order valence-corrected chi connectivity index (χ2v) is 7.79. The summed E-state index contributed by atoms with van der Waals surface area (Å²) in [5.74, 6) is 0.887. The van der Waals surface area contributed by atoms with Gasteiger partial charge in [-0.2, -0.15) is 0 Å². The summed E-state index contributed by atoms with van der Waals surface area (Å²) in [6.45, 7) is 5.16. The molecular formula is C18H21N3O3S. The summed E-state index contributed by atoms with van der Waals surface area (Å²) in [7, 11) is 1.89. The number of hydrogen-bond donors (Lipinski definition) is 1. The van der Waals surface area contributed by atoms with Crippen molar-refractivity contribution in [2.75, 3.05) is 13.7 Å². The maximum atomic E-state index is 12.9. The number of ether oxygens (including phenoxy) is 1. The zero-order valence-electron chi connectivity index (χ0n) is 14.5. The molecule has 1 saturated carbocycles. The minimum Gasteiger partial charge on any atom is -0.409 e. The Balaban J connectivity index is 1.53. The van der Waals surface area contributed by atoms with Crippen molar-refractivity contribution < 1.29 is 13.9 Å². The van der Waals surface area contributed by atoms with E-state index in [2.05, 4.69) is 24.0 Å². The SMILES string of the molecule is CN(C(=O)c1ccc(-c2n[nH]c(=S)o2)cc1)[C@@H]1[C@H]2CCO[C@H]2C1(C)C. The lowest BCUT2D eigenvalue weighted by Crippen LogP contribution is -2.66. The first-order valence-electron chi connectivity index (χ1n) is 8.44. The Labute approximate surface area is 151 Å². The molecule has 1 aliphatic heterocycles. The van der Waals surface area contributed by atoms with Gasteiger partial charge in [-0.15, -0.1) is 5.10 Å². The molecule has 0 unspecified atom stereocenters. The fourth-order valence-electron chi connectivity index (χ4n) is 4.52. The van der Waals surface area contributed by atoms with Crippen LogP contribution in [0.15, 0.2) is 28.7 Å². The van der Waals surface area contributed by atoms with Gasteiger partial charge in [0.2, 0.25) is 5.89 Å². The quantitative estimate of drug-likeness (QED) is 0.852. The number of H-pyrrole nitrogens is 1. The standard InChI is InChI=1S/C18H21N3O3S/c1-18(2)13(12-8-9-23-14(12)18)21(3)16(22)11-6-4-10(5-7-11)15-19-20-17(25)24-15/h4-7,12-14H,8-9H2,1-3H3,(H,20,25)/t12-,13-,14-/m1/s1. The predicted octanol–water partition coefficient (Wildman–Crippen LogP) is 3.28. The summed E-state index contributed by atoms with van der Waals surface area (Å²) >= 11 is 4.89. The average Bonchev–Trinajstić information content (AvgIpc) is 3.22. The first-order chi connectivity index (χ1) is 11.9. The van der Waals surface area contributed by atoms with Crippen LogP contribution in [0, 0.1) is 16.2 Å². The van der Waals surface area contributed by atoms with Crippen molar-refractivity contribution in [3.05, 3.63) is 34.7 Å². The fourth-order valence-corrected chi connectivity index (χ4v) is 4.65. The maximum Gasteiger partial charge on any atom is 0.284 e. The molecule has 0 radical (unpaired) electrons. The number of amides is 1. The predicted molar refractivity (Wildman–Crippen MR) is 94.6 cm³/mol. The topological polar surface area (TPSA) is 71.4 Å². The summed E-state index contributed by atoms with van der Waals surface area (Å²) in [5.41, 5.74) is 1.41. The van der Waals surface area contributed by atoms with Gasteiger partial charge in [0.1, 0.15) is 0 Å². The maximum absolute atomic E-state index is 12.9. The Morgan fingerprint density at radius 2 is 2.08 bits per heavy atom. The van der Waals surface area contributed by atoms with Gasteiger partial charge >= 0.3 is 0 Å². The molecule has 7 heteroatoms. The second kappa shape index (κ2) is 5.78. The molecule has 2 heterocycles. The molecule has 0 bridgehead atoms. The number of aromatic amines is 1. The van der Waals surface area contributed by atoms with Crippen molar-refractivity contribution in [3.8, 4) is 11.5 Å². The van der Waals surface area contributed by atoms with Crippen molar-refractivity contribution in [2.24, 2.45) is 11.3 Å². The van der Waals surface area contributed by atoms with Crippen LogP contribution in [0.25, 0.3) is 11.5 Å². The van der Waals surface area contributed by atoms with Crippen molar-refractivity contribution in [1.82, 2.24) is 15.1 Å². The van der Waals surface area contributed by atoms with E-state index in [9.17, 15) is 4.79 Å². The number of fused-ring (bicyclic) bond motifs is 1. The summed E-state index contributed by atoms with van der Waals surface area (Å²) < 4.78 is 11.1. The van der Waals surface area contributed by atoms with Gasteiger partial charge < -0.3 is 14.1 Å². The molecule has 1 aliphatic carbocycles. The Hall–Kier alpha value is -1.99. The van der Waals surface area contributed by atoms with Crippen LogP contribution < -0.4 is 0 Å². The van der Waals surface area contributed by atoms with Crippen LogP contribution in [0.1, 0.15) is 30.6 Å². The minimum absolute atomic E-state index is 0.0146. The zero-order chi connectivity index (χ0) is 17.8. The van der Waals surface area contributed by atoms with Crippen LogP contribution in [0.4, 0.5) is 0 Å². The molecule has 25 heavy (non-hydrogen) atoms. The van der Waals surface area contributed by atoms with Crippen molar-refractivity contribution in [3.63, 3.8) is 0 Å². The summed E-state index contributed by atoms with van der Waals surface area (Å²) in [5, 5.41) is 6.59. The first-order valence-corrected chi connectivity index (χ1v) is 8.85. The molecule has 132 valence electrons. The largest absolute Gasteiger partial charge is 0.409 e. The molecule has 1 aromatic heterocycles. The van der Waals surface area contributed by atoms with E-state index in [0.717, 1.165) is 18.6 Å². The van der Waals surface area contributed by atoms with Gasteiger partial charge in [-0.05, 0) is 42.9 Å². The number of aromatic nitrogens is 2. The number of hydrogen-bond acceptors (Lipinski definition) is 5. The molecule has 2 aromatic rings. The lowest BCUT2D eigenvalue weighted by Gasteiger charge is -2.57. The highest BCUT2D eigenvalue weighted by Gasteiger charge is 2.61. The third-order valence-corrected chi connectivity index (χ3v) is 5.77. The van der Waals surface area contributed by atoms with Crippen LogP contribution in [-0.2, 0) is 4.74 Å². The van der Waals surface area contributed by atoms with Gasteiger partial charge in [0.25, 0.3) is 10.7 Å². The van der Waals surface area contributed by atoms with E-state index < -0.39 is 0 Å². The highest BCUT2D eigenvalue weighted by Crippen LogP contribution is 2.54. The van der Waals surface area contributed by atoms with E-state index in [1.807, 2.05) is 24.1 Å². The Morgan fingerprint density at radius 3 is 2.72 bits per heavy atom. The summed E-state index contributed by atoms with van der Waals surface area (Å²) in [6.07, 6.45) is 1.29. The Bertz CT molecular complexity index is 855. The average molecular weight is 359 g/mol. The number of carbonyl (C=O) groups excluding carboxylic acids is 1. The molecule has 6 nitrogen and oxygen atoms in total. The van der Waals surface area contributed by atoms with Crippen molar-refractivity contribution in [2.45, 2.75) is 32.4 Å². The normalized spacial score (nSPS) is 26.8. The third-order valence-electron chi connectivity index (χ3n) is 5.59. The van der Waals surface area contributed by atoms with E-state index in [1.54, 1.807) is 12.1 Å². The molecule has 0 spiro atoms. The van der Waals surface area contributed by atoms with Gasteiger partial charge in [0.15, 0.2) is 0 Å². The van der Waals surface area contributed by atoms with Crippen LogP contribution in [0.2, 0.25) is 0 Å². The van der Waals surface area contributed by atoms with Gasteiger partial charge in [-0.1, -0.05) is 13.8 Å². The fraction of sp³-hybridized carbons (Fsp3) is 0.500. The molecule has 1 amide bonds.